The summed E-state index contributed by atoms with van der Waals surface area (Å²) in [6.45, 7) is 1.84. The molecule has 0 aliphatic heterocycles. The van der Waals surface area contributed by atoms with E-state index >= 15 is 0 Å². The maximum atomic E-state index is 12.8. The number of hydrogen-bond donors (Lipinski definition) is 3. The van der Waals surface area contributed by atoms with Gasteiger partial charge >= 0.3 is 5.97 Å². The number of hydrogen-bond acceptors (Lipinski definition) is 3. The molecule has 0 radical (unpaired) electrons. The molecule has 0 unspecified atom stereocenters. The van der Waals surface area contributed by atoms with E-state index in [-0.39, 0.29) is 18.9 Å². The molecule has 3 aromatic rings. The Balaban J connectivity index is 1.69. The molecule has 0 heterocycles. The van der Waals surface area contributed by atoms with E-state index in [4.69, 9.17) is 5.11 Å². The van der Waals surface area contributed by atoms with Crippen molar-refractivity contribution >= 4 is 17.8 Å². The number of amides is 2. The molecule has 0 aliphatic carbocycles. The lowest BCUT2D eigenvalue weighted by Crippen LogP contribution is -2.47. The largest absolute Gasteiger partial charge is 0.481 e. The van der Waals surface area contributed by atoms with Crippen LogP contribution in [0.5, 0.6) is 0 Å². The van der Waals surface area contributed by atoms with Gasteiger partial charge in [-0.1, -0.05) is 72.8 Å². The van der Waals surface area contributed by atoms with E-state index in [0.29, 0.717) is 5.56 Å². The molecule has 0 fully saturated rings. The monoisotopic (exact) mass is 430 g/mol. The second-order valence-corrected chi connectivity index (χ2v) is 7.54. The summed E-state index contributed by atoms with van der Waals surface area (Å²) in [5.74, 6) is -1.88. The molecule has 0 aromatic heterocycles. The fourth-order valence-electron chi connectivity index (χ4n) is 3.36. The van der Waals surface area contributed by atoms with Crippen LogP contribution in [-0.4, -0.2) is 28.9 Å². The summed E-state index contributed by atoms with van der Waals surface area (Å²) < 4.78 is 0. The van der Waals surface area contributed by atoms with Gasteiger partial charge in [0, 0.05) is 12.0 Å². The normalized spacial score (nSPS) is 12.4. The van der Waals surface area contributed by atoms with E-state index in [1.54, 1.807) is 12.1 Å². The number of aliphatic carboxylic acids is 1. The van der Waals surface area contributed by atoms with E-state index in [9.17, 15) is 14.4 Å². The van der Waals surface area contributed by atoms with Gasteiger partial charge in [0.25, 0.3) is 5.91 Å². The Hall–Kier alpha value is -3.93. The van der Waals surface area contributed by atoms with Crippen LogP contribution in [0.25, 0.3) is 11.1 Å². The Morgan fingerprint density at radius 2 is 1.34 bits per heavy atom. The van der Waals surface area contributed by atoms with Crippen LogP contribution in [-0.2, 0) is 9.59 Å². The van der Waals surface area contributed by atoms with Gasteiger partial charge in [0.15, 0.2) is 0 Å². The van der Waals surface area contributed by atoms with Crippen LogP contribution < -0.4 is 10.6 Å². The number of carbonyl (C=O) groups excluding carboxylic acids is 2. The molecule has 164 valence electrons. The SMILES string of the molecule is C[C@@H](NC(=O)[C@H](CCC(=O)O)NC(=O)c1ccc(-c2ccccc2)cc1)c1ccccc1. The van der Waals surface area contributed by atoms with Crippen molar-refractivity contribution in [2.24, 2.45) is 0 Å². The van der Waals surface area contributed by atoms with Gasteiger partial charge in [-0.05, 0) is 42.2 Å². The van der Waals surface area contributed by atoms with Gasteiger partial charge < -0.3 is 15.7 Å². The Bertz CT molecular complexity index is 1050. The summed E-state index contributed by atoms with van der Waals surface area (Å²) in [5, 5.41) is 14.6. The van der Waals surface area contributed by atoms with Crippen LogP contribution >= 0.6 is 0 Å². The maximum absolute atomic E-state index is 12.8. The van der Waals surface area contributed by atoms with E-state index in [1.807, 2.05) is 79.7 Å². The van der Waals surface area contributed by atoms with Gasteiger partial charge in [-0.2, -0.15) is 0 Å². The lowest BCUT2D eigenvalue weighted by Gasteiger charge is -2.21. The minimum Gasteiger partial charge on any atom is -0.481 e. The van der Waals surface area contributed by atoms with E-state index in [2.05, 4.69) is 10.6 Å². The van der Waals surface area contributed by atoms with E-state index in [1.165, 1.54) is 0 Å². The number of carboxylic acid groups (broad SMARTS) is 1. The molecule has 6 heteroatoms. The first-order valence-electron chi connectivity index (χ1n) is 10.5. The highest BCUT2D eigenvalue weighted by Crippen LogP contribution is 2.19. The number of rotatable bonds is 9. The zero-order valence-electron chi connectivity index (χ0n) is 17.8. The third-order valence-electron chi connectivity index (χ3n) is 5.18. The van der Waals surface area contributed by atoms with Crippen molar-refractivity contribution in [1.29, 1.82) is 0 Å². The fourth-order valence-corrected chi connectivity index (χ4v) is 3.36. The van der Waals surface area contributed by atoms with Crippen molar-refractivity contribution in [2.75, 3.05) is 0 Å². The van der Waals surface area contributed by atoms with Crippen molar-refractivity contribution in [2.45, 2.75) is 31.8 Å². The summed E-state index contributed by atoms with van der Waals surface area (Å²) in [4.78, 5) is 36.6. The zero-order chi connectivity index (χ0) is 22.9. The number of carbonyl (C=O) groups is 3. The summed E-state index contributed by atoms with van der Waals surface area (Å²) >= 11 is 0. The first-order chi connectivity index (χ1) is 15.4. The van der Waals surface area contributed by atoms with Gasteiger partial charge in [-0.25, -0.2) is 0 Å². The zero-order valence-corrected chi connectivity index (χ0v) is 17.8. The molecule has 0 spiro atoms. The predicted octanol–water partition coefficient (Wildman–Crippen LogP) is 4.19. The molecule has 2 amide bonds. The van der Waals surface area contributed by atoms with Crippen LogP contribution in [0.3, 0.4) is 0 Å². The van der Waals surface area contributed by atoms with Gasteiger partial charge in [-0.3, -0.25) is 14.4 Å². The average molecular weight is 431 g/mol. The van der Waals surface area contributed by atoms with E-state index < -0.39 is 23.8 Å². The Morgan fingerprint density at radius 1 is 0.781 bits per heavy atom. The highest BCUT2D eigenvalue weighted by molar-refractivity contribution is 5.98. The Morgan fingerprint density at radius 3 is 1.94 bits per heavy atom. The molecule has 3 rings (SSSR count). The van der Waals surface area contributed by atoms with Crippen LogP contribution in [0.1, 0.15) is 41.7 Å². The van der Waals surface area contributed by atoms with Crippen LogP contribution in [0.15, 0.2) is 84.9 Å². The molecule has 6 nitrogen and oxygen atoms in total. The summed E-state index contributed by atoms with van der Waals surface area (Å²) in [6, 6.07) is 25.0. The van der Waals surface area contributed by atoms with Crippen molar-refractivity contribution in [3.8, 4) is 11.1 Å². The maximum Gasteiger partial charge on any atom is 0.303 e. The molecule has 0 aliphatic rings. The molecular weight excluding hydrogens is 404 g/mol. The lowest BCUT2D eigenvalue weighted by molar-refractivity contribution is -0.137. The van der Waals surface area contributed by atoms with Crippen molar-refractivity contribution < 1.29 is 19.5 Å². The number of benzene rings is 3. The summed E-state index contributed by atoms with van der Waals surface area (Å²) in [6.07, 6.45) is -0.235. The first kappa shape index (κ1) is 22.7. The third-order valence-corrected chi connectivity index (χ3v) is 5.18. The minimum absolute atomic E-state index is 0.00346. The Kier molecular flexibility index (Phi) is 7.75. The molecule has 2 atom stereocenters. The van der Waals surface area contributed by atoms with Crippen LogP contribution in [0.4, 0.5) is 0 Å². The smallest absolute Gasteiger partial charge is 0.303 e. The second kappa shape index (κ2) is 10.9. The van der Waals surface area contributed by atoms with Gasteiger partial charge in [0.2, 0.25) is 5.91 Å². The third kappa shape index (κ3) is 6.28. The van der Waals surface area contributed by atoms with Crippen molar-refractivity contribution in [3.63, 3.8) is 0 Å². The van der Waals surface area contributed by atoms with Gasteiger partial charge in [0.1, 0.15) is 6.04 Å². The molecule has 0 saturated heterocycles. The van der Waals surface area contributed by atoms with Crippen molar-refractivity contribution in [3.05, 3.63) is 96.1 Å². The number of carboxylic acids is 1. The standard InChI is InChI=1S/C26H26N2O4/c1-18(19-8-4-2-5-9-19)27-26(32)23(16-17-24(29)30)28-25(31)22-14-12-21(13-15-22)20-10-6-3-7-11-20/h2-15,18,23H,16-17H2,1H3,(H,27,32)(H,28,31)(H,29,30)/t18-,23+/m1/s1. The quantitative estimate of drug-likeness (QED) is 0.474. The second-order valence-electron chi connectivity index (χ2n) is 7.54. The molecule has 3 N–H and O–H groups in total. The molecule has 32 heavy (non-hydrogen) atoms. The highest BCUT2D eigenvalue weighted by atomic mass is 16.4. The van der Waals surface area contributed by atoms with Crippen LogP contribution in [0, 0.1) is 0 Å². The minimum atomic E-state index is -1.03. The predicted molar refractivity (Wildman–Crippen MR) is 123 cm³/mol. The summed E-state index contributed by atoms with van der Waals surface area (Å²) in [5.41, 5.74) is 3.32. The lowest BCUT2D eigenvalue weighted by atomic mass is 10.0. The van der Waals surface area contributed by atoms with E-state index in [0.717, 1.165) is 16.7 Å². The number of nitrogens with one attached hydrogen (secondary N) is 2. The molecule has 0 saturated carbocycles. The average Bonchev–Trinajstić information content (AvgIpc) is 2.82. The molecular formula is C26H26N2O4. The Labute approximate surface area is 187 Å². The summed E-state index contributed by atoms with van der Waals surface area (Å²) in [7, 11) is 0. The first-order valence-corrected chi connectivity index (χ1v) is 10.5. The molecule has 0 bridgehead atoms. The van der Waals surface area contributed by atoms with Crippen LogP contribution in [0.2, 0.25) is 0 Å². The van der Waals surface area contributed by atoms with Gasteiger partial charge in [0.05, 0.1) is 6.04 Å². The topological polar surface area (TPSA) is 95.5 Å². The highest BCUT2D eigenvalue weighted by Gasteiger charge is 2.24. The fraction of sp³-hybridized carbons (Fsp3) is 0.192. The van der Waals surface area contributed by atoms with Gasteiger partial charge in [-0.15, -0.1) is 0 Å². The van der Waals surface area contributed by atoms with Crippen molar-refractivity contribution in [1.82, 2.24) is 10.6 Å². The molecule has 3 aromatic carbocycles.